The Balaban J connectivity index is 0. The van der Waals surface area contributed by atoms with Crippen LogP contribution >= 0.6 is 15.9 Å². The van der Waals surface area contributed by atoms with Gasteiger partial charge in [0, 0.05) is 11.1 Å². The second-order valence-corrected chi connectivity index (χ2v) is 4.97. The molecule has 0 radical (unpaired) electrons. The van der Waals surface area contributed by atoms with Crippen LogP contribution in [-0.4, -0.2) is 37.3 Å². The van der Waals surface area contributed by atoms with Crippen LogP contribution in [0, 0.1) is 0 Å². The normalized spacial score (nSPS) is 11.1. The third-order valence-electron chi connectivity index (χ3n) is 1.32. The van der Waals surface area contributed by atoms with Crippen molar-refractivity contribution in [2.24, 2.45) is 0 Å². The van der Waals surface area contributed by atoms with Crippen molar-refractivity contribution in [3.05, 3.63) is 0 Å². The van der Waals surface area contributed by atoms with Crippen molar-refractivity contribution in [2.75, 3.05) is 24.3 Å². The summed E-state index contributed by atoms with van der Waals surface area (Å²) >= 11 is 3.27. The summed E-state index contributed by atoms with van der Waals surface area (Å²) in [4.78, 5) is 9.39. The fourth-order valence-corrected chi connectivity index (χ4v) is 1.54. The number of hydrogen-bond donors (Lipinski definition) is 0. The van der Waals surface area contributed by atoms with Crippen LogP contribution in [0.2, 0.25) is 0 Å². The Morgan fingerprint density at radius 3 is 2.07 bits per heavy atom. The third-order valence-corrected chi connectivity index (χ3v) is 2.67. The first-order valence-corrected chi connectivity index (χ1v) is 7.00. The summed E-state index contributed by atoms with van der Waals surface area (Å²) < 4.78 is 30.4. The van der Waals surface area contributed by atoms with Crippen molar-refractivity contribution in [1.82, 2.24) is 0 Å². The molecule has 0 aromatic heterocycles. The topological polar surface area (TPSA) is 75.7 Å². The van der Waals surface area contributed by atoms with Gasteiger partial charge in [-0.25, -0.2) is 18.2 Å². The smallest absolute Gasteiger partial charge is 0.748 e. The van der Waals surface area contributed by atoms with Crippen molar-refractivity contribution in [1.29, 1.82) is 0 Å². The Morgan fingerprint density at radius 2 is 1.60 bits per heavy atom. The Morgan fingerprint density at radius 1 is 1.07 bits per heavy atom. The molecule has 5 nitrogen and oxygen atoms in total. The summed E-state index contributed by atoms with van der Waals surface area (Å²) in [5.41, 5.74) is 0. The molecule has 0 bridgehead atoms. The van der Waals surface area contributed by atoms with Gasteiger partial charge in [0.25, 0.3) is 0 Å². The molecule has 0 heterocycles. The predicted molar refractivity (Wildman–Crippen MR) is 54.1 cm³/mol. The average molecular weight is 313 g/mol. The average Bonchev–Trinajstić information content (AvgIpc) is 2.08. The first-order valence-electron chi connectivity index (χ1n) is 4.30. The minimum absolute atomic E-state index is 0. The van der Waals surface area contributed by atoms with Crippen LogP contribution in [0.5, 0.6) is 0 Å². The molecular formula is C7H14BrNaO5S. The van der Waals surface area contributed by atoms with Gasteiger partial charge in [-0.05, 0) is 19.3 Å². The van der Waals surface area contributed by atoms with Crippen LogP contribution in [0.4, 0.5) is 0 Å². The van der Waals surface area contributed by atoms with Crippen LogP contribution < -0.4 is 29.6 Å². The van der Waals surface area contributed by atoms with E-state index in [1.54, 1.807) is 0 Å². The van der Waals surface area contributed by atoms with Gasteiger partial charge < -0.3 is 4.55 Å². The fourth-order valence-electron chi connectivity index (χ4n) is 0.668. The van der Waals surface area contributed by atoms with E-state index in [0.29, 0.717) is 6.61 Å². The summed E-state index contributed by atoms with van der Waals surface area (Å²) in [5.74, 6) is -0.405. The van der Waals surface area contributed by atoms with E-state index in [2.05, 4.69) is 20.8 Å². The zero-order valence-corrected chi connectivity index (χ0v) is 13.2. The van der Waals surface area contributed by atoms with Crippen molar-refractivity contribution >= 4 is 26.0 Å². The van der Waals surface area contributed by atoms with Crippen LogP contribution in [0.15, 0.2) is 0 Å². The second-order valence-electron chi connectivity index (χ2n) is 2.66. The summed E-state index contributed by atoms with van der Waals surface area (Å²) in [6.45, 7) is 0.617. The number of unbranched alkanes of at least 4 members (excludes halogenated alkanes) is 1. The van der Waals surface area contributed by atoms with Crippen LogP contribution in [0.3, 0.4) is 0 Å². The first kappa shape index (κ1) is 18.7. The molecule has 0 unspecified atom stereocenters. The fraction of sp³-hybridized carbons (Fsp3) is 1.00. The third kappa shape index (κ3) is 17.9. The monoisotopic (exact) mass is 312 g/mol. The Labute approximate surface area is 121 Å². The van der Waals surface area contributed by atoms with E-state index in [4.69, 9.17) is 4.89 Å². The standard InChI is InChI=1S/C7H15BrO5S.Na/c8-4-1-2-5-12-13-6-3-7-14(9,10)11;/h1-7H2,(H,9,10,11);/q;+1/p-1. The van der Waals surface area contributed by atoms with Gasteiger partial charge >= 0.3 is 29.6 Å². The Kier molecular flexibility index (Phi) is 14.7. The van der Waals surface area contributed by atoms with Gasteiger partial charge in [-0.3, -0.25) is 0 Å². The van der Waals surface area contributed by atoms with Crippen LogP contribution in [0.25, 0.3) is 0 Å². The van der Waals surface area contributed by atoms with E-state index in [1.165, 1.54) is 0 Å². The molecule has 0 aliphatic rings. The maximum atomic E-state index is 10.1. The summed E-state index contributed by atoms with van der Waals surface area (Å²) in [5, 5.41) is 0.921. The van der Waals surface area contributed by atoms with Crippen molar-refractivity contribution in [2.45, 2.75) is 19.3 Å². The molecule has 0 atom stereocenters. The zero-order chi connectivity index (χ0) is 10.9. The minimum atomic E-state index is -4.12. The van der Waals surface area contributed by atoms with E-state index in [-0.39, 0.29) is 42.6 Å². The summed E-state index contributed by atoms with van der Waals surface area (Å²) in [6, 6.07) is 0. The van der Waals surface area contributed by atoms with Crippen LogP contribution in [0.1, 0.15) is 19.3 Å². The maximum Gasteiger partial charge on any atom is 1.00 e. The molecular weight excluding hydrogens is 299 g/mol. The minimum Gasteiger partial charge on any atom is -0.748 e. The molecule has 8 heteroatoms. The van der Waals surface area contributed by atoms with E-state index in [9.17, 15) is 13.0 Å². The van der Waals surface area contributed by atoms with E-state index in [0.717, 1.165) is 18.2 Å². The van der Waals surface area contributed by atoms with Crippen molar-refractivity contribution < 1.29 is 52.3 Å². The van der Waals surface area contributed by atoms with E-state index >= 15 is 0 Å². The van der Waals surface area contributed by atoms with Gasteiger partial charge in [0.1, 0.15) is 0 Å². The molecule has 0 aliphatic heterocycles. The van der Waals surface area contributed by atoms with Gasteiger partial charge in [0.15, 0.2) is 0 Å². The quantitative estimate of drug-likeness (QED) is 0.123. The molecule has 86 valence electrons. The van der Waals surface area contributed by atoms with Crippen LogP contribution in [-0.2, 0) is 19.9 Å². The molecule has 0 amide bonds. The molecule has 0 aliphatic carbocycles. The molecule has 0 N–H and O–H groups in total. The molecule has 0 aromatic carbocycles. The maximum absolute atomic E-state index is 10.1. The molecule has 0 aromatic rings. The predicted octanol–water partition coefficient (Wildman–Crippen LogP) is -1.95. The number of rotatable bonds is 9. The second kappa shape index (κ2) is 11.8. The molecule has 0 saturated heterocycles. The first-order chi connectivity index (χ1) is 6.56. The van der Waals surface area contributed by atoms with Gasteiger partial charge in [-0.1, -0.05) is 15.9 Å². The summed E-state index contributed by atoms with van der Waals surface area (Å²) in [7, 11) is -4.12. The number of alkyl halides is 1. The van der Waals surface area contributed by atoms with Gasteiger partial charge in [-0.2, -0.15) is 0 Å². The van der Waals surface area contributed by atoms with Gasteiger partial charge in [0.05, 0.1) is 23.3 Å². The van der Waals surface area contributed by atoms with Crippen molar-refractivity contribution in [3.8, 4) is 0 Å². The molecule has 15 heavy (non-hydrogen) atoms. The Hall–Kier alpha value is 1.31. The Bertz CT molecular complexity index is 221. The molecule has 0 saturated carbocycles. The number of halogens is 1. The van der Waals surface area contributed by atoms with Crippen molar-refractivity contribution in [3.63, 3.8) is 0 Å². The largest absolute Gasteiger partial charge is 1.00 e. The molecule has 0 rings (SSSR count). The van der Waals surface area contributed by atoms with E-state index < -0.39 is 15.9 Å². The SMILES string of the molecule is O=S(=O)([O-])CCCOOCCCCBr.[Na+]. The summed E-state index contributed by atoms with van der Waals surface area (Å²) in [6.07, 6.45) is 2.05. The molecule has 0 spiro atoms. The number of hydrogen-bond acceptors (Lipinski definition) is 5. The zero-order valence-electron chi connectivity index (χ0n) is 8.78. The van der Waals surface area contributed by atoms with Gasteiger partial charge in [-0.15, -0.1) is 0 Å². The molecule has 0 fully saturated rings. The van der Waals surface area contributed by atoms with Gasteiger partial charge in [0.2, 0.25) is 0 Å². The van der Waals surface area contributed by atoms with E-state index in [1.807, 2.05) is 0 Å².